The minimum atomic E-state index is -4.38. The Kier molecular flexibility index (Phi) is 7.81. The van der Waals surface area contributed by atoms with Gasteiger partial charge >= 0.3 is 12.1 Å². The first-order chi connectivity index (χ1) is 16.6. The molecule has 0 N–H and O–H groups in total. The van der Waals surface area contributed by atoms with Gasteiger partial charge < -0.3 is 9.47 Å². The summed E-state index contributed by atoms with van der Waals surface area (Å²) in [5.41, 5.74) is -0.780. The smallest absolute Gasteiger partial charge is 0.416 e. The van der Waals surface area contributed by atoms with E-state index in [4.69, 9.17) is 9.47 Å². The zero-order valence-corrected chi connectivity index (χ0v) is 21.4. The highest BCUT2D eigenvalue weighted by molar-refractivity contribution is 5.79. The number of esters is 1. The summed E-state index contributed by atoms with van der Waals surface area (Å²) < 4.78 is 51.3. The molecule has 3 rings (SSSR count). The first-order valence-corrected chi connectivity index (χ1v) is 11.7. The first kappa shape index (κ1) is 27.2. The number of carbonyl (C=O) groups is 1. The van der Waals surface area contributed by atoms with Crippen LogP contribution >= 0.6 is 0 Å². The molecule has 1 heterocycles. The predicted octanol–water partition coefficient (Wildman–Crippen LogP) is 6.18. The second-order valence-electron chi connectivity index (χ2n) is 10.2. The van der Waals surface area contributed by atoms with Crippen molar-refractivity contribution in [3.63, 3.8) is 0 Å². The van der Waals surface area contributed by atoms with Gasteiger partial charge in [0.15, 0.2) is 11.4 Å². The van der Waals surface area contributed by atoms with Crippen LogP contribution in [0, 0.1) is 0 Å². The van der Waals surface area contributed by atoms with Crippen LogP contribution in [0.15, 0.2) is 48.5 Å². The van der Waals surface area contributed by atoms with E-state index in [2.05, 4.69) is 10.1 Å². The molecular weight excluding hydrogens is 471 g/mol. The minimum Gasteiger partial charge on any atom is -0.476 e. The number of nitrogens with zero attached hydrogens (tertiary/aromatic N) is 3. The molecule has 0 saturated carbocycles. The number of carbonyl (C=O) groups excluding carboxylic acids is 1. The highest BCUT2D eigenvalue weighted by atomic mass is 19.4. The molecular formula is C27H32F3N3O3. The van der Waals surface area contributed by atoms with Gasteiger partial charge in [-0.05, 0) is 77.3 Å². The van der Waals surface area contributed by atoms with Crippen LogP contribution in [0.25, 0.3) is 11.4 Å². The molecule has 2 aromatic carbocycles. The van der Waals surface area contributed by atoms with Crippen LogP contribution in [0.3, 0.4) is 0 Å². The molecule has 0 atom stereocenters. The molecule has 3 aromatic rings. The van der Waals surface area contributed by atoms with Gasteiger partial charge in [0.2, 0.25) is 0 Å². The van der Waals surface area contributed by atoms with Crippen molar-refractivity contribution in [1.29, 1.82) is 0 Å². The third-order valence-corrected chi connectivity index (χ3v) is 5.38. The van der Waals surface area contributed by atoms with E-state index in [9.17, 15) is 18.0 Å². The number of hydrogen-bond donors (Lipinski definition) is 0. The fourth-order valence-electron chi connectivity index (χ4n) is 3.48. The SMILES string of the molecule is Cn1nc(-c2ccc(C(F)(F)F)cc2)nc1CCCc1ccc(OC(C)(C)C(=O)OC(C)(C)C)cc1. The second kappa shape index (κ2) is 10.3. The van der Waals surface area contributed by atoms with Gasteiger partial charge in [-0.1, -0.05) is 24.3 Å². The maximum absolute atomic E-state index is 12.8. The van der Waals surface area contributed by atoms with Gasteiger partial charge in [0.25, 0.3) is 0 Å². The largest absolute Gasteiger partial charge is 0.476 e. The van der Waals surface area contributed by atoms with E-state index in [1.807, 2.05) is 45.0 Å². The van der Waals surface area contributed by atoms with Crippen molar-refractivity contribution in [2.45, 2.75) is 71.3 Å². The van der Waals surface area contributed by atoms with E-state index < -0.39 is 28.9 Å². The van der Waals surface area contributed by atoms with Crippen molar-refractivity contribution in [1.82, 2.24) is 14.8 Å². The number of rotatable bonds is 8. The molecule has 0 bridgehead atoms. The van der Waals surface area contributed by atoms with Crippen LogP contribution < -0.4 is 4.74 Å². The fraction of sp³-hybridized carbons (Fsp3) is 0.444. The van der Waals surface area contributed by atoms with Crippen LogP contribution in [0.1, 0.15) is 58.0 Å². The zero-order chi connectivity index (χ0) is 26.7. The predicted molar refractivity (Wildman–Crippen MR) is 130 cm³/mol. The Labute approximate surface area is 209 Å². The van der Waals surface area contributed by atoms with Gasteiger partial charge in [-0.2, -0.15) is 18.3 Å². The average molecular weight is 504 g/mol. The summed E-state index contributed by atoms with van der Waals surface area (Å²) in [6, 6.07) is 12.4. The molecule has 0 radical (unpaired) electrons. The highest BCUT2D eigenvalue weighted by Crippen LogP contribution is 2.30. The van der Waals surface area contributed by atoms with E-state index >= 15 is 0 Å². The lowest BCUT2D eigenvalue weighted by molar-refractivity contribution is -0.170. The minimum absolute atomic E-state index is 0.398. The molecule has 6 nitrogen and oxygen atoms in total. The van der Waals surface area contributed by atoms with Crippen molar-refractivity contribution in [3.05, 3.63) is 65.5 Å². The summed E-state index contributed by atoms with van der Waals surface area (Å²) in [5.74, 6) is 1.29. The van der Waals surface area contributed by atoms with Crippen LogP contribution in [0.2, 0.25) is 0 Å². The molecule has 0 aliphatic carbocycles. The van der Waals surface area contributed by atoms with Crippen molar-refractivity contribution in [3.8, 4) is 17.1 Å². The molecule has 0 aliphatic heterocycles. The van der Waals surface area contributed by atoms with Gasteiger partial charge in [0.1, 0.15) is 17.2 Å². The summed E-state index contributed by atoms with van der Waals surface area (Å²) in [4.78, 5) is 16.9. The summed E-state index contributed by atoms with van der Waals surface area (Å²) in [6.07, 6.45) is -2.12. The van der Waals surface area contributed by atoms with Gasteiger partial charge in [0, 0.05) is 19.0 Å². The zero-order valence-electron chi connectivity index (χ0n) is 21.4. The Hall–Kier alpha value is -3.36. The molecule has 0 amide bonds. The number of alkyl halides is 3. The van der Waals surface area contributed by atoms with E-state index in [1.54, 1.807) is 25.6 Å². The fourth-order valence-corrected chi connectivity index (χ4v) is 3.48. The molecule has 0 unspecified atom stereocenters. The maximum Gasteiger partial charge on any atom is 0.416 e. The molecule has 194 valence electrons. The van der Waals surface area contributed by atoms with Gasteiger partial charge in [-0.15, -0.1) is 0 Å². The van der Waals surface area contributed by atoms with E-state index in [0.717, 1.165) is 36.4 Å². The Morgan fingerprint density at radius 2 is 1.53 bits per heavy atom. The maximum atomic E-state index is 12.8. The Bertz CT molecular complexity index is 1180. The van der Waals surface area contributed by atoms with Crippen molar-refractivity contribution >= 4 is 5.97 Å². The van der Waals surface area contributed by atoms with Crippen molar-refractivity contribution in [2.75, 3.05) is 0 Å². The number of aromatic nitrogens is 3. The number of hydrogen-bond acceptors (Lipinski definition) is 5. The van der Waals surface area contributed by atoms with Crippen LogP contribution in [-0.4, -0.2) is 31.9 Å². The van der Waals surface area contributed by atoms with Gasteiger partial charge in [-0.3, -0.25) is 4.68 Å². The number of aryl methyl sites for hydroxylation is 3. The highest BCUT2D eigenvalue weighted by Gasteiger charge is 2.34. The normalized spacial score (nSPS) is 12.5. The Morgan fingerprint density at radius 1 is 0.917 bits per heavy atom. The lowest BCUT2D eigenvalue weighted by Gasteiger charge is -2.29. The van der Waals surface area contributed by atoms with E-state index in [0.29, 0.717) is 23.6 Å². The topological polar surface area (TPSA) is 66.2 Å². The standard InChI is InChI=1S/C27H32F3N3O3/c1-25(2,3)36-24(34)26(4,5)35-21-16-10-18(11-17-21)8-7-9-22-31-23(32-33(22)6)19-12-14-20(15-13-19)27(28,29)30/h10-17H,7-9H2,1-6H3. The molecule has 9 heteroatoms. The summed E-state index contributed by atoms with van der Waals surface area (Å²) in [7, 11) is 1.77. The number of ether oxygens (including phenoxy) is 2. The molecule has 0 spiro atoms. The summed E-state index contributed by atoms with van der Waals surface area (Å²) in [6.45, 7) is 8.79. The summed E-state index contributed by atoms with van der Waals surface area (Å²) >= 11 is 0. The molecule has 0 fully saturated rings. The molecule has 1 aromatic heterocycles. The second-order valence-corrected chi connectivity index (χ2v) is 10.2. The Balaban J connectivity index is 1.55. The first-order valence-electron chi connectivity index (χ1n) is 11.7. The third kappa shape index (κ3) is 7.32. The molecule has 0 aliphatic rings. The van der Waals surface area contributed by atoms with Gasteiger partial charge in [-0.25, -0.2) is 9.78 Å². The molecule has 36 heavy (non-hydrogen) atoms. The van der Waals surface area contributed by atoms with E-state index in [1.165, 1.54) is 12.1 Å². The van der Waals surface area contributed by atoms with Crippen molar-refractivity contribution in [2.24, 2.45) is 7.05 Å². The molecule has 0 saturated heterocycles. The number of benzene rings is 2. The lowest BCUT2D eigenvalue weighted by atomic mass is 10.1. The number of halogens is 3. The van der Waals surface area contributed by atoms with Crippen molar-refractivity contribution < 1.29 is 27.4 Å². The van der Waals surface area contributed by atoms with Crippen LogP contribution in [0.4, 0.5) is 13.2 Å². The third-order valence-electron chi connectivity index (χ3n) is 5.38. The average Bonchev–Trinajstić information content (AvgIpc) is 3.13. The lowest BCUT2D eigenvalue weighted by Crippen LogP contribution is -2.43. The van der Waals surface area contributed by atoms with Gasteiger partial charge in [0.05, 0.1) is 5.56 Å². The Morgan fingerprint density at radius 3 is 2.08 bits per heavy atom. The van der Waals surface area contributed by atoms with E-state index in [-0.39, 0.29) is 0 Å². The van der Waals surface area contributed by atoms with Crippen LogP contribution in [-0.2, 0) is 35.6 Å². The quantitative estimate of drug-likeness (QED) is 0.344. The monoisotopic (exact) mass is 503 g/mol. The summed E-state index contributed by atoms with van der Waals surface area (Å²) in [5, 5.41) is 4.35. The van der Waals surface area contributed by atoms with Crippen LogP contribution in [0.5, 0.6) is 5.75 Å².